The third kappa shape index (κ3) is 4.25. The fourth-order valence-corrected chi connectivity index (χ4v) is 3.83. The van der Waals surface area contributed by atoms with E-state index in [1.807, 2.05) is 37.3 Å². The molecule has 7 nitrogen and oxygen atoms in total. The third-order valence-corrected chi connectivity index (χ3v) is 5.56. The number of sulfonamides is 1. The summed E-state index contributed by atoms with van der Waals surface area (Å²) in [6.45, 7) is 2.54. The number of rotatable bonds is 5. The van der Waals surface area contributed by atoms with E-state index in [4.69, 9.17) is 10.00 Å². The monoisotopic (exact) mass is 370 g/mol. The average molecular weight is 370 g/mol. The van der Waals surface area contributed by atoms with Crippen molar-refractivity contribution < 1.29 is 13.2 Å². The Kier molecular flexibility index (Phi) is 5.30. The average Bonchev–Trinajstić information content (AvgIpc) is 3.11. The smallest absolute Gasteiger partial charge is 0.251 e. The molecule has 0 amide bonds. The van der Waals surface area contributed by atoms with Crippen LogP contribution in [0.15, 0.2) is 42.1 Å². The Morgan fingerprint density at radius 3 is 2.73 bits per heavy atom. The summed E-state index contributed by atoms with van der Waals surface area (Å²) in [5.74, 6) is 0.134. The van der Waals surface area contributed by atoms with Gasteiger partial charge in [0.05, 0.1) is 6.54 Å². The van der Waals surface area contributed by atoms with Gasteiger partial charge in [-0.2, -0.15) is 9.57 Å². The van der Waals surface area contributed by atoms with Gasteiger partial charge in [0.2, 0.25) is 15.7 Å². The minimum absolute atomic E-state index is 0.0908. The van der Waals surface area contributed by atoms with Gasteiger partial charge in [0, 0.05) is 24.3 Å². The fraction of sp³-hybridized carbons (Fsp3) is 0.278. The Labute approximate surface area is 152 Å². The first-order valence-corrected chi connectivity index (χ1v) is 9.61. The predicted molar refractivity (Wildman–Crippen MR) is 96.5 cm³/mol. The zero-order valence-corrected chi connectivity index (χ0v) is 15.1. The van der Waals surface area contributed by atoms with E-state index in [0.717, 1.165) is 11.1 Å². The predicted octanol–water partition coefficient (Wildman–Crippen LogP) is 2.11. The van der Waals surface area contributed by atoms with Gasteiger partial charge in [-0.25, -0.2) is 18.4 Å². The first-order chi connectivity index (χ1) is 12.5. The first-order valence-electron chi connectivity index (χ1n) is 8.10. The van der Waals surface area contributed by atoms with Gasteiger partial charge in [0.25, 0.3) is 5.88 Å². The second-order valence-electron chi connectivity index (χ2n) is 5.97. The number of aryl methyl sites for hydroxylation is 1. The van der Waals surface area contributed by atoms with Gasteiger partial charge < -0.3 is 4.74 Å². The third-order valence-electron chi connectivity index (χ3n) is 4.03. The van der Waals surface area contributed by atoms with Crippen LogP contribution in [-0.4, -0.2) is 41.9 Å². The molecule has 2 heterocycles. The highest BCUT2D eigenvalue weighted by atomic mass is 32.2. The van der Waals surface area contributed by atoms with Crippen molar-refractivity contribution in [2.24, 2.45) is 0 Å². The van der Waals surface area contributed by atoms with Crippen molar-refractivity contribution in [3.63, 3.8) is 0 Å². The number of aromatic nitrogens is 2. The first kappa shape index (κ1) is 18.0. The summed E-state index contributed by atoms with van der Waals surface area (Å²) in [6.07, 6.45) is 4.59. The summed E-state index contributed by atoms with van der Waals surface area (Å²) in [7, 11) is -3.54. The summed E-state index contributed by atoms with van der Waals surface area (Å²) >= 11 is 0. The largest absolute Gasteiger partial charge is 0.471 e. The van der Waals surface area contributed by atoms with Crippen LogP contribution in [0, 0.1) is 18.3 Å². The van der Waals surface area contributed by atoms with E-state index in [1.54, 1.807) is 6.08 Å². The Balaban J connectivity index is 1.65. The number of nitrogens with zero attached hydrogens (tertiary/aromatic N) is 4. The van der Waals surface area contributed by atoms with Crippen LogP contribution in [0.4, 0.5) is 0 Å². The molecular weight excluding hydrogens is 352 g/mol. The number of hydrogen-bond donors (Lipinski definition) is 0. The van der Waals surface area contributed by atoms with E-state index in [0.29, 0.717) is 13.0 Å². The van der Waals surface area contributed by atoms with Crippen LogP contribution in [0.2, 0.25) is 0 Å². The molecule has 1 saturated heterocycles. The van der Waals surface area contributed by atoms with Gasteiger partial charge in [0.1, 0.15) is 12.2 Å². The van der Waals surface area contributed by atoms with Crippen molar-refractivity contribution in [3.05, 3.63) is 58.9 Å². The van der Waals surface area contributed by atoms with Gasteiger partial charge in [-0.1, -0.05) is 29.8 Å². The lowest BCUT2D eigenvalue weighted by molar-refractivity contribution is 0.205. The fourth-order valence-electron chi connectivity index (χ4n) is 2.60. The molecule has 1 aliphatic rings. The molecule has 0 aliphatic carbocycles. The van der Waals surface area contributed by atoms with Crippen molar-refractivity contribution in [1.29, 1.82) is 5.26 Å². The molecule has 2 aromatic rings. The molecule has 1 unspecified atom stereocenters. The van der Waals surface area contributed by atoms with Crippen molar-refractivity contribution in [1.82, 2.24) is 14.3 Å². The standard InChI is InChI=1S/C18H18N4O3S/c1-14-2-4-15(5-3-14)7-11-26(23,24)22-10-6-16(13-22)25-18-17(12-19)20-8-9-21-18/h2-5,7-9,11,16H,6,10,13H2,1H3/b11-7+. The van der Waals surface area contributed by atoms with Gasteiger partial charge in [-0.15, -0.1) is 0 Å². The van der Waals surface area contributed by atoms with Crippen LogP contribution in [-0.2, 0) is 10.0 Å². The van der Waals surface area contributed by atoms with Crippen molar-refractivity contribution in [2.45, 2.75) is 19.4 Å². The molecule has 0 saturated carbocycles. The number of hydrogen-bond acceptors (Lipinski definition) is 6. The molecule has 3 rings (SSSR count). The topological polar surface area (TPSA) is 96.2 Å². The molecule has 1 aromatic heterocycles. The highest BCUT2D eigenvalue weighted by Crippen LogP contribution is 2.21. The van der Waals surface area contributed by atoms with E-state index < -0.39 is 10.0 Å². The number of ether oxygens (including phenoxy) is 1. The Hall–Kier alpha value is -2.76. The van der Waals surface area contributed by atoms with E-state index >= 15 is 0 Å². The SMILES string of the molecule is Cc1ccc(/C=C/S(=O)(=O)N2CCC(Oc3nccnc3C#N)C2)cc1. The van der Waals surface area contributed by atoms with E-state index in [2.05, 4.69) is 9.97 Å². The van der Waals surface area contributed by atoms with E-state index in [9.17, 15) is 8.42 Å². The van der Waals surface area contributed by atoms with E-state index in [-0.39, 0.29) is 24.2 Å². The summed E-state index contributed by atoms with van der Waals surface area (Å²) in [5.41, 5.74) is 2.03. The summed E-state index contributed by atoms with van der Waals surface area (Å²) in [4.78, 5) is 7.88. The maximum absolute atomic E-state index is 12.5. The Bertz CT molecular complexity index is 949. The molecule has 1 atom stereocenters. The molecule has 1 aliphatic heterocycles. The quantitative estimate of drug-likeness (QED) is 0.800. The lowest BCUT2D eigenvalue weighted by Gasteiger charge is -2.15. The molecular formula is C18H18N4O3S. The molecule has 134 valence electrons. The van der Waals surface area contributed by atoms with Crippen LogP contribution < -0.4 is 4.74 Å². The Morgan fingerprint density at radius 2 is 2.00 bits per heavy atom. The highest BCUT2D eigenvalue weighted by Gasteiger charge is 2.31. The number of nitriles is 1. The van der Waals surface area contributed by atoms with Gasteiger partial charge >= 0.3 is 0 Å². The summed E-state index contributed by atoms with van der Waals surface area (Å²) < 4.78 is 32.0. The van der Waals surface area contributed by atoms with Gasteiger partial charge in [0.15, 0.2) is 0 Å². The zero-order valence-electron chi connectivity index (χ0n) is 14.2. The minimum Gasteiger partial charge on any atom is -0.471 e. The molecule has 1 aromatic carbocycles. The molecule has 1 fully saturated rings. The van der Waals surface area contributed by atoms with Gasteiger partial charge in [-0.3, -0.25) is 0 Å². The molecule has 0 radical (unpaired) electrons. The molecule has 26 heavy (non-hydrogen) atoms. The summed E-state index contributed by atoms with van der Waals surface area (Å²) in [6, 6.07) is 9.51. The molecule has 0 spiro atoms. The van der Waals surface area contributed by atoms with Gasteiger partial charge in [-0.05, 0) is 25.0 Å². The van der Waals surface area contributed by atoms with Crippen molar-refractivity contribution >= 4 is 16.1 Å². The molecule has 0 bridgehead atoms. The van der Waals surface area contributed by atoms with E-state index in [1.165, 1.54) is 22.1 Å². The Morgan fingerprint density at radius 1 is 1.27 bits per heavy atom. The molecule has 8 heteroatoms. The van der Waals surface area contributed by atoms with Crippen molar-refractivity contribution in [2.75, 3.05) is 13.1 Å². The van der Waals surface area contributed by atoms with Crippen molar-refractivity contribution in [3.8, 4) is 11.9 Å². The summed E-state index contributed by atoms with van der Waals surface area (Å²) in [5, 5.41) is 10.2. The number of benzene rings is 1. The minimum atomic E-state index is -3.54. The normalized spacial score (nSPS) is 18.1. The van der Waals surface area contributed by atoms with Crippen LogP contribution in [0.25, 0.3) is 6.08 Å². The van der Waals surface area contributed by atoms with Crippen LogP contribution >= 0.6 is 0 Å². The van der Waals surface area contributed by atoms with Crippen LogP contribution in [0.3, 0.4) is 0 Å². The van der Waals surface area contributed by atoms with Crippen LogP contribution in [0.1, 0.15) is 23.2 Å². The maximum atomic E-state index is 12.5. The second-order valence-corrected chi connectivity index (χ2v) is 7.79. The molecule has 0 N–H and O–H groups in total. The van der Waals surface area contributed by atoms with Crippen LogP contribution in [0.5, 0.6) is 5.88 Å². The zero-order chi connectivity index (χ0) is 18.6. The lowest BCUT2D eigenvalue weighted by Crippen LogP contribution is -2.29. The maximum Gasteiger partial charge on any atom is 0.251 e. The second kappa shape index (κ2) is 7.64. The highest BCUT2D eigenvalue weighted by molar-refractivity contribution is 7.92. The lowest BCUT2D eigenvalue weighted by atomic mass is 10.2.